The van der Waals surface area contributed by atoms with Gasteiger partial charge in [-0.3, -0.25) is 9.48 Å². The molecule has 1 aromatic carbocycles. The minimum Gasteiger partial charge on any atom is -0.396 e. The highest BCUT2D eigenvalue weighted by molar-refractivity contribution is 9.10. The Kier molecular flexibility index (Phi) is 3.43. The van der Waals surface area contributed by atoms with Gasteiger partial charge in [-0.2, -0.15) is 5.10 Å². The average molecular weight is 295 g/mol. The highest BCUT2D eigenvalue weighted by Crippen LogP contribution is 2.15. The molecule has 0 saturated heterocycles. The van der Waals surface area contributed by atoms with Crippen LogP contribution in [0.4, 0.5) is 11.4 Å². The Hall–Kier alpha value is -1.82. The summed E-state index contributed by atoms with van der Waals surface area (Å²) in [7, 11) is 0. The van der Waals surface area contributed by atoms with Crippen LogP contribution in [0.1, 0.15) is 0 Å². The van der Waals surface area contributed by atoms with Gasteiger partial charge in [0.15, 0.2) is 0 Å². The molecular weight excluding hydrogens is 284 g/mol. The van der Waals surface area contributed by atoms with E-state index < -0.39 is 0 Å². The van der Waals surface area contributed by atoms with Gasteiger partial charge >= 0.3 is 0 Å². The molecule has 2 aromatic rings. The highest BCUT2D eigenvalue weighted by Gasteiger charge is 2.04. The summed E-state index contributed by atoms with van der Waals surface area (Å²) in [4.78, 5) is 11.7. The summed E-state index contributed by atoms with van der Waals surface area (Å²) in [6.07, 6.45) is 3.12. The van der Waals surface area contributed by atoms with Gasteiger partial charge in [0.1, 0.15) is 6.54 Å². The molecule has 6 heteroatoms. The monoisotopic (exact) mass is 294 g/mol. The number of aromatic nitrogens is 2. The van der Waals surface area contributed by atoms with Crippen LogP contribution in [0.15, 0.2) is 41.1 Å². The van der Waals surface area contributed by atoms with Crippen LogP contribution in [0.5, 0.6) is 0 Å². The molecule has 0 bridgehead atoms. The lowest BCUT2D eigenvalue weighted by Crippen LogP contribution is -2.18. The van der Waals surface area contributed by atoms with Gasteiger partial charge < -0.3 is 11.1 Å². The first kappa shape index (κ1) is 11.7. The molecule has 0 atom stereocenters. The molecule has 2 rings (SSSR count). The molecular formula is C11H11BrN4O. The predicted octanol–water partition coefficient (Wildman–Crippen LogP) is 1.87. The topological polar surface area (TPSA) is 72.9 Å². The van der Waals surface area contributed by atoms with Crippen molar-refractivity contribution in [3.05, 3.63) is 41.1 Å². The minimum absolute atomic E-state index is 0.143. The zero-order valence-corrected chi connectivity index (χ0v) is 10.5. The Balaban J connectivity index is 1.98. The first-order valence-corrected chi connectivity index (χ1v) is 5.76. The highest BCUT2D eigenvalue weighted by atomic mass is 79.9. The summed E-state index contributed by atoms with van der Waals surface area (Å²) >= 11 is 3.34. The quantitative estimate of drug-likeness (QED) is 0.908. The van der Waals surface area contributed by atoms with Crippen LogP contribution in [0, 0.1) is 0 Å². The van der Waals surface area contributed by atoms with Gasteiger partial charge in [0.25, 0.3) is 0 Å². The second-order valence-corrected chi connectivity index (χ2v) is 4.45. The van der Waals surface area contributed by atoms with Crippen LogP contribution >= 0.6 is 15.9 Å². The standard InChI is InChI=1S/C11H11BrN4O/c12-8-2-1-3-10(4-8)15-11(17)7-16-6-9(13)5-14-16/h1-6H,7,13H2,(H,15,17). The van der Waals surface area contributed by atoms with Gasteiger partial charge in [0, 0.05) is 16.4 Å². The van der Waals surface area contributed by atoms with Crippen molar-refractivity contribution < 1.29 is 4.79 Å². The smallest absolute Gasteiger partial charge is 0.246 e. The van der Waals surface area contributed by atoms with Gasteiger partial charge in [0.05, 0.1) is 11.9 Å². The van der Waals surface area contributed by atoms with Gasteiger partial charge in [-0.05, 0) is 18.2 Å². The molecule has 0 aliphatic rings. The lowest BCUT2D eigenvalue weighted by Gasteiger charge is -2.05. The number of hydrogen-bond acceptors (Lipinski definition) is 3. The number of carbonyl (C=O) groups excluding carboxylic acids is 1. The maximum absolute atomic E-state index is 11.7. The van der Waals surface area contributed by atoms with Crippen LogP contribution in [0.25, 0.3) is 0 Å². The molecule has 1 heterocycles. The van der Waals surface area contributed by atoms with Crippen molar-refractivity contribution >= 4 is 33.2 Å². The summed E-state index contributed by atoms with van der Waals surface area (Å²) < 4.78 is 2.40. The summed E-state index contributed by atoms with van der Waals surface area (Å²) in [5.41, 5.74) is 6.79. The van der Waals surface area contributed by atoms with E-state index in [1.54, 1.807) is 6.20 Å². The molecule has 0 unspecified atom stereocenters. The molecule has 1 aromatic heterocycles. The summed E-state index contributed by atoms with van der Waals surface area (Å²) in [6, 6.07) is 7.39. The lowest BCUT2D eigenvalue weighted by atomic mass is 10.3. The Labute approximate surface area is 107 Å². The van der Waals surface area contributed by atoms with Crippen LogP contribution < -0.4 is 11.1 Å². The van der Waals surface area contributed by atoms with E-state index in [0.29, 0.717) is 5.69 Å². The van der Waals surface area contributed by atoms with Crippen molar-refractivity contribution in [2.24, 2.45) is 0 Å². The van der Waals surface area contributed by atoms with Crippen LogP contribution in [0.3, 0.4) is 0 Å². The van der Waals surface area contributed by atoms with E-state index in [1.807, 2.05) is 24.3 Å². The zero-order valence-electron chi connectivity index (χ0n) is 8.93. The minimum atomic E-state index is -0.147. The zero-order chi connectivity index (χ0) is 12.3. The van der Waals surface area contributed by atoms with E-state index in [-0.39, 0.29) is 12.5 Å². The van der Waals surface area contributed by atoms with E-state index in [1.165, 1.54) is 10.9 Å². The number of nitrogens with two attached hydrogens (primary N) is 1. The second kappa shape index (κ2) is 5.01. The van der Waals surface area contributed by atoms with Crippen molar-refractivity contribution in [2.75, 3.05) is 11.1 Å². The fourth-order valence-electron chi connectivity index (χ4n) is 1.38. The van der Waals surface area contributed by atoms with E-state index in [0.717, 1.165) is 10.2 Å². The van der Waals surface area contributed by atoms with E-state index >= 15 is 0 Å². The number of nitrogens with zero attached hydrogens (tertiary/aromatic N) is 2. The SMILES string of the molecule is Nc1cnn(CC(=O)Nc2cccc(Br)c2)c1. The molecule has 5 nitrogen and oxygen atoms in total. The number of halogens is 1. The Morgan fingerprint density at radius 1 is 1.53 bits per heavy atom. The van der Waals surface area contributed by atoms with Crippen molar-refractivity contribution in [1.29, 1.82) is 0 Å². The van der Waals surface area contributed by atoms with E-state index in [9.17, 15) is 4.79 Å². The lowest BCUT2D eigenvalue weighted by molar-refractivity contribution is -0.116. The van der Waals surface area contributed by atoms with Crippen molar-refractivity contribution in [1.82, 2.24) is 9.78 Å². The molecule has 0 aliphatic carbocycles. The van der Waals surface area contributed by atoms with Crippen LogP contribution in [-0.4, -0.2) is 15.7 Å². The normalized spacial score (nSPS) is 10.2. The van der Waals surface area contributed by atoms with Gasteiger partial charge in [-0.25, -0.2) is 0 Å². The molecule has 17 heavy (non-hydrogen) atoms. The fourth-order valence-corrected chi connectivity index (χ4v) is 1.78. The third-order valence-corrected chi connectivity index (χ3v) is 2.56. The third-order valence-electron chi connectivity index (χ3n) is 2.07. The number of hydrogen-bond donors (Lipinski definition) is 2. The number of amides is 1. The molecule has 0 spiro atoms. The van der Waals surface area contributed by atoms with Crippen molar-refractivity contribution in [3.63, 3.8) is 0 Å². The van der Waals surface area contributed by atoms with E-state index in [2.05, 4.69) is 26.3 Å². The van der Waals surface area contributed by atoms with Crippen LogP contribution in [-0.2, 0) is 11.3 Å². The number of rotatable bonds is 3. The Morgan fingerprint density at radius 3 is 3.00 bits per heavy atom. The Bertz CT molecular complexity index is 538. The largest absolute Gasteiger partial charge is 0.396 e. The number of nitrogen functional groups attached to an aromatic ring is 1. The van der Waals surface area contributed by atoms with Crippen LogP contribution in [0.2, 0.25) is 0 Å². The average Bonchev–Trinajstić information content (AvgIpc) is 2.63. The first-order valence-electron chi connectivity index (χ1n) is 4.97. The van der Waals surface area contributed by atoms with Gasteiger partial charge in [-0.1, -0.05) is 22.0 Å². The van der Waals surface area contributed by atoms with Crippen molar-refractivity contribution in [2.45, 2.75) is 6.54 Å². The summed E-state index contributed by atoms with van der Waals surface area (Å²) in [6.45, 7) is 0.143. The maximum Gasteiger partial charge on any atom is 0.246 e. The number of nitrogens with one attached hydrogen (secondary N) is 1. The maximum atomic E-state index is 11.7. The molecule has 0 radical (unpaired) electrons. The summed E-state index contributed by atoms with van der Waals surface area (Å²) in [5.74, 6) is -0.147. The summed E-state index contributed by atoms with van der Waals surface area (Å²) in [5, 5.41) is 6.71. The predicted molar refractivity (Wildman–Crippen MR) is 69.4 cm³/mol. The first-order chi connectivity index (χ1) is 8.13. The number of carbonyl (C=O) groups is 1. The van der Waals surface area contributed by atoms with E-state index in [4.69, 9.17) is 5.73 Å². The molecule has 0 fully saturated rings. The third kappa shape index (κ3) is 3.32. The second-order valence-electron chi connectivity index (χ2n) is 3.53. The van der Waals surface area contributed by atoms with Gasteiger partial charge in [0.2, 0.25) is 5.91 Å². The number of anilines is 2. The molecule has 1 amide bonds. The fraction of sp³-hybridized carbons (Fsp3) is 0.0909. The molecule has 88 valence electrons. The molecule has 0 aliphatic heterocycles. The molecule has 0 saturated carbocycles. The number of benzene rings is 1. The van der Waals surface area contributed by atoms with Gasteiger partial charge in [-0.15, -0.1) is 0 Å². The Morgan fingerprint density at radius 2 is 2.35 bits per heavy atom. The molecule has 3 N–H and O–H groups in total. The van der Waals surface area contributed by atoms with Crippen molar-refractivity contribution in [3.8, 4) is 0 Å².